The second-order valence-corrected chi connectivity index (χ2v) is 6.44. The topological polar surface area (TPSA) is 49.4 Å². The molecule has 2 aromatic carbocycles. The van der Waals surface area contributed by atoms with E-state index in [0.717, 1.165) is 24.1 Å². The van der Waals surface area contributed by atoms with Crippen LogP contribution in [0.4, 0.5) is 5.69 Å². The lowest BCUT2D eigenvalue weighted by atomic mass is 10.1. The maximum atomic E-state index is 12.9. The van der Waals surface area contributed by atoms with Crippen LogP contribution in [-0.4, -0.2) is 22.8 Å². The van der Waals surface area contributed by atoms with Gasteiger partial charge < -0.3 is 10.2 Å². The fourth-order valence-corrected chi connectivity index (χ4v) is 3.33. The quantitative estimate of drug-likeness (QED) is 0.866. The Morgan fingerprint density at radius 2 is 1.96 bits per heavy atom. The first-order valence-electron chi connectivity index (χ1n) is 8.92. The third-order valence-corrected chi connectivity index (χ3v) is 4.69. The number of benzene rings is 2. The Labute approximate surface area is 148 Å². The third-order valence-electron chi connectivity index (χ3n) is 4.69. The van der Waals surface area contributed by atoms with Gasteiger partial charge >= 0.3 is 0 Å². The van der Waals surface area contributed by atoms with E-state index < -0.39 is 6.04 Å². The Hall–Kier alpha value is -2.62. The van der Waals surface area contributed by atoms with Crippen LogP contribution in [0.5, 0.6) is 0 Å². The van der Waals surface area contributed by atoms with Gasteiger partial charge in [0.15, 0.2) is 0 Å². The molecule has 1 heterocycles. The highest BCUT2D eigenvalue weighted by molar-refractivity contribution is 6.03. The predicted molar refractivity (Wildman–Crippen MR) is 99.5 cm³/mol. The Balaban J connectivity index is 1.79. The molecule has 0 saturated carbocycles. The number of carbonyl (C=O) groups excluding carboxylic acids is 2. The standard InChI is InChI=1S/C21H24N2O2/c1-3-8-19(20(24)22-17-11-7-9-15(4-2)13-17)23-14-16-10-5-6-12-18(16)21(23)25/h5-7,9-13,19H,3-4,8,14H2,1-2H3,(H,22,24)/t19-/m1/s1. The van der Waals surface area contributed by atoms with Crippen LogP contribution in [0.15, 0.2) is 48.5 Å². The van der Waals surface area contributed by atoms with E-state index in [1.807, 2.05) is 55.5 Å². The maximum Gasteiger partial charge on any atom is 0.255 e. The number of nitrogens with one attached hydrogen (secondary N) is 1. The summed E-state index contributed by atoms with van der Waals surface area (Å²) in [7, 11) is 0. The van der Waals surface area contributed by atoms with Crippen LogP contribution in [0.25, 0.3) is 0 Å². The Morgan fingerprint density at radius 3 is 2.68 bits per heavy atom. The van der Waals surface area contributed by atoms with Crippen molar-refractivity contribution >= 4 is 17.5 Å². The van der Waals surface area contributed by atoms with Crippen LogP contribution < -0.4 is 5.32 Å². The zero-order chi connectivity index (χ0) is 17.8. The summed E-state index contributed by atoms with van der Waals surface area (Å²) >= 11 is 0. The summed E-state index contributed by atoms with van der Waals surface area (Å²) in [6.45, 7) is 4.62. The third kappa shape index (κ3) is 3.58. The van der Waals surface area contributed by atoms with Gasteiger partial charge in [-0.05, 0) is 42.2 Å². The minimum atomic E-state index is -0.449. The van der Waals surface area contributed by atoms with E-state index in [1.54, 1.807) is 4.90 Å². The van der Waals surface area contributed by atoms with Crippen LogP contribution in [0.3, 0.4) is 0 Å². The summed E-state index contributed by atoms with van der Waals surface area (Å²) in [5.74, 6) is -0.164. The zero-order valence-corrected chi connectivity index (χ0v) is 14.8. The smallest absolute Gasteiger partial charge is 0.255 e. The average Bonchev–Trinajstić information content (AvgIpc) is 2.96. The van der Waals surface area contributed by atoms with E-state index in [4.69, 9.17) is 0 Å². The molecule has 0 unspecified atom stereocenters. The molecule has 1 aliphatic rings. The van der Waals surface area contributed by atoms with Crippen molar-refractivity contribution in [2.24, 2.45) is 0 Å². The number of hydrogen-bond acceptors (Lipinski definition) is 2. The highest BCUT2D eigenvalue weighted by Gasteiger charge is 2.35. The number of hydrogen-bond donors (Lipinski definition) is 1. The molecule has 1 aliphatic heterocycles. The molecule has 0 aromatic heterocycles. The summed E-state index contributed by atoms with van der Waals surface area (Å²) in [6, 6.07) is 15.0. The molecule has 2 amide bonds. The van der Waals surface area contributed by atoms with Crippen molar-refractivity contribution in [3.05, 3.63) is 65.2 Å². The van der Waals surface area contributed by atoms with Gasteiger partial charge in [-0.1, -0.05) is 50.6 Å². The van der Waals surface area contributed by atoms with E-state index in [0.29, 0.717) is 18.5 Å². The van der Waals surface area contributed by atoms with Crippen LogP contribution in [0.2, 0.25) is 0 Å². The fraction of sp³-hybridized carbons (Fsp3) is 0.333. The number of carbonyl (C=O) groups is 2. The Morgan fingerprint density at radius 1 is 1.16 bits per heavy atom. The molecule has 25 heavy (non-hydrogen) atoms. The molecule has 0 saturated heterocycles. The fourth-order valence-electron chi connectivity index (χ4n) is 3.33. The van der Waals surface area contributed by atoms with Gasteiger partial charge in [0.1, 0.15) is 6.04 Å². The summed E-state index contributed by atoms with van der Waals surface area (Å²) in [6.07, 6.45) is 2.41. The van der Waals surface area contributed by atoms with Crippen molar-refractivity contribution in [1.82, 2.24) is 4.90 Å². The number of rotatable bonds is 6. The highest BCUT2D eigenvalue weighted by Crippen LogP contribution is 2.26. The van der Waals surface area contributed by atoms with Crippen molar-refractivity contribution in [2.75, 3.05) is 5.32 Å². The molecular weight excluding hydrogens is 312 g/mol. The van der Waals surface area contributed by atoms with Crippen molar-refractivity contribution in [3.63, 3.8) is 0 Å². The van der Waals surface area contributed by atoms with Gasteiger partial charge in [-0.2, -0.15) is 0 Å². The molecule has 1 atom stereocenters. The molecule has 4 nitrogen and oxygen atoms in total. The molecule has 4 heteroatoms. The van der Waals surface area contributed by atoms with Crippen molar-refractivity contribution in [1.29, 1.82) is 0 Å². The first kappa shape index (κ1) is 17.2. The van der Waals surface area contributed by atoms with Gasteiger partial charge in [0.05, 0.1) is 0 Å². The SMILES string of the molecule is CCC[C@H](C(=O)Nc1cccc(CC)c1)N1Cc2ccccc2C1=O. The molecule has 0 fully saturated rings. The van der Waals surface area contributed by atoms with E-state index in [2.05, 4.69) is 12.2 Å². The lowest BCUT2D eigenvalue weighted by Crippen LogP contribution is -2.44. The molecule has 0 aliphatic carbocycles. The summed E-state index contributed by atoms with van der Waals surface area (Å²) in [5, 5.41) is 2.99. The summed E-state index contributed by atoms with van der Waals surface area (Å²) in [5.41, 5.74) is 3.67. The average molecular weight is 336 g/mol. The molecule has 2 aromatic rings. The minimum absolute atomic E-state index is 0.0495. The van der Waals surface area contributed by atoms with Crippen LogP contribution >= 0.6 is 0 Å². The Kier molecular flexibility index (Phi) is 5.17. The molecule has 0 radical (unpaired) electrons. The molecule has 0 spiro atoms. The maximum absolute atomic E-state index is 12.9. The van der Waals surface area contributed by atoms with E-state index in [1.165, 1.54) is 5.56 Å². The number of anilines is 1. The van der Waals surface area contributed by atoms with Crippen LogP contribution in [-0.2, 0) is 17.8 Å². The largest absolute Gasteiger partial charge is 0.324 e. The van der Waals surface area contributed by atoms with Gasteiger partial charge in [-0.25, -0.2) is 0 Å². The van der Waals surface area contributed by atoms with Gasteiger partial charge in [-0.15, -0.1) is 0 Å². The molecule has 3 rings (SSSR count). The van der Waals surface area contributed by atoms with Crippen molar-refractivity contribution < 1.29 is 9.59 Å². The number of aryl methyl sites for hydroxylation is 1. The van der Waals surface area contributed by atoms with Gasteiger partial charge in [-0.3, -0.25) is 9.59 Å². The lowest BCUT2D eigenvalue weighted by molar-refractivity contribution is -0.120. The number of fused-ring (bicyclic) bond motifs is 1. The first-order valence-corrected chi connectivity index (χ1v) is 8.92. The van der Waals surface area contributed by atoms with Crippen molar-refractivity contribution in [3.8, 4) is 0 Å². The summed E-state index contributed by atoms with van der Waals surface area (Å²) in [4.78, 5) is 27.3. The molecule has 130 valence electrons. The monoisotopic (exact) mass is 336 g/mol. The number of nitrogens with zero attached hydrogens (tertiary/aromatic N) is 1. The minimum Gasteiger partial charge on any atom is -0.324 e. The molecule has 1 N–H and O–H groups in total. The normalized spacial score (nSPS) is 14.3. The van der Waals surface area contributed by atoms with Crippen LogP contribution in [0, 0.1) is 0 Å². The Bertz CT molecular complexity index is 785. The molecular formula is C21H24N2O2. The van der Waals surface area contributed by atoms with Gasteiger partial charge in [0, 0.05) is 17.8 Å². The van der Waals surface area contributed by atoms with Crippen LogP contribution in [0.1, 0.15) is 48.2 Å². The first-order chi connectivity index (χ1) is 12.1. The van der Waals surface area contributed by atoms with E-state index >= 15 is 0 Å². The summed E-state index contributed by atoms with van der Waals surface area (Å²) < 4.78 is 0. The van der Waals surface area contributed by atoms with E-state index in [-0.39, 0.29) is 11.8 Å². The van der Waals surface area contributed by atoms with Crippen molar-refractivity contribution in [2.45, 2.75) is 45.7 Å². The molecule has 0 bridgehead atoms. The predicted octanol–water partition coefficient (Wildman–Crippen LogP) is 4.01. The van der Waals surface area contributed by atoms with E-state index in [9.17, 15) is 9.59 Å². The second-order valence-electron chi connectivity index (χ2n) is 6.44. The lowest BCUT2D eigenvalue weighted by Gasteiger charge is -2.26. The van der Waals surface area contributed by atoms with Gasteiger partial charge in [0.25, 0.3) is 5.91 Å². The second kappa shape index (κ2) is 7.51. The zero-order valence-electron chi connectivity index (χ0n) is 14.8. The van der Waals surface area contributed by atoms with Gasteiger partial charge in [0.2, 0.25) is 5.91 Å². The number of amides is 2. The highest BCUT2D eigenvalue weighted by atomic mass is 16.2.